The lowest BCUT2D eigenvalue weighted by molar-refractivity contribution is -0.0532. The predicted molar refractivity (Wildman–Crippen MR) is 147 cm³/mol. The van der Waals surface area contributed by atoms with Gasteiger partial charge in [0.2, 0.25) is 0 Å². The summed E-state index contributed by atoms with van der Waals surface area (Å²) >= 11 is 3.62. The molecule has 186 valence electrons. The van der Waals surface area contributed by atoms with E-state index < -0.39 is 24.1 Å². The third kappa shape index (κ3) is 5.09. The van der Waals surface area contributed by atoms with E-state index in [1.807, 2.05) is 50.2 Å². The van der Waals surface area contributed by atoms with Gasteiger partial charge in [0, 0.05) is 10.4 Å². The Morgan fingerprint density at radius 1 is 0.649 bits per heavy atom. The summed E-state index contributed by atoms with van der Waals surface area (Å²) in [5, 5.41) is 0. The zero-order valence-corrected chi connectivity index (χ0v) is 22.2. The van der Waals surface area contributed by atoms with E-state index in [0.717, 1.165) is 26.7 Å². The lowest BCUT2D eigenvalue weighted by atomic mass is 9.70. The Morgan fingerprint density at radius 2 is 1.16 bits per heavy atom. The Labute approximate surface area is 225 Å². The molecule has 0 bridgehead atoms. The molecular weight excluding hydrogens is 528 g/mol. The molecule has 0 saturated carbocycles. The van der Waals surface area contributed by atoms with Crippen molar-refractivity contribution in [3.8, 4) is 0 Å². The van der Waals surface area contributed by atoms with E-state index >= 15 is 0 Å². The highest BCUT2D eigenvalue weighted by molar-refractivity contribution is 9.10. The van der Waals surface area contributed by atoms with E-state index in [1.165, 1.54) is 0 Å². The van der Waals surface area contributed by atoms with Crippen LogP contribution in [0.2, 0.25) is 0 Å². The van der Waals surface area contributed by atoms with Crippen molar-refractivity contribution >= 4 is 27.9 Å². The van der Waals surface area contributed by atoms with Crippen LogP contribution in [0.1, 0.15) is 61.7 Å². The average molecular weight is 555 g/mol. The van der Waals surface area contributed by atoms with Crippen LogP contribution in [0.25, 0.3) is 0 Å². The fourth-order valence-electron chi connectivity index (χ4n) is 5.16. The molecule has 0 spiro atoms. The highest BCUT2D eigenvalue weighted by atomic mass is 79.9. The van der Waals surface area contributed by atoms with Crippen LogP contribution in [0.3, 0.4) is 0 Å². The summed E-state index contributed by atoms with van der Waals surface area (Å²) in [5.41, 5.74) is 5.12. The first kappa shape index (κ1) is 25.0. The number of carbonyl (C=O) groups excluding carboxylic acids is 2. The molecule has 5 rings (SSSR count). The van der Waals surface area contributed by atoms with Gasteiger partial charge >= 0.3 is 11.9 Å². The van der Waals surface area contributed by atoms with Crippen molar-refractivity contribution in [2.75, 3.05) is 0 Å². The standard InChI is InChI=1S/C32H27BrO4/c1-20-17-18-24(33)19-27(20)28-26-16-10-9-15-25(26)21(2)29(36-31(34)22-11-5-3-6-12-22)30(28)37-32(35)23-13-7-4-8-14-23/h3-19,21,28-30H,1-2H3. The van der Waals surface area contributed by atoms with E-state index in [2.05, 4.69) is 34.1 Å². The first-order chi connectivity index (χ1) is 17.9. The average Bonchev–Trinajstić information content (AvgIpc) is 2.93. The van der Waals surface area contributed by atoms with Gasteiger partial charge in [-0.1, -0.05) is 89.6 Å². The lowest BCUT2D eigenvalue weighted by Gasteiger charge is -2.42. The monoisotopic (exact) mass is 554 g/mol. The van der Waals surface area contributed by atoms with Crippen LogP contribution in [0, 0.1) is 6.92 Å². The number of hydrogen-bond donors (Lipinski definition) is 0. The number of halogens is 1. The number of carbonyl (C=O) groups is 2. The first-order valence-electron chi connectivity index (χ1n) is 12.3. The zero-order chi connectivity index (χ0) is 25.9. The van der Waals surface area contributed by atoms with Crippen LogP contribution in [0.15, 0.2) is 108 Å². The highest BCUT2D eigenvalue weighted by Crippen LogP contribution is 2.46. The molecule has 0 N–H and O–H groups in total. The second-order valence-corrected chi connectivity index (χ2v) is 10.3. The van der Waals surface area contributed by atoms with Crippen LogP contribution in [0.5, 0.6) is 0 Å². The molecule has 37 heavy (non-hydrogen) atoms. The molecule has 0 aromatic heterocycles. The summed E-state index contributed by atoms with van der Waals surface area (Å²) < 4.78 is 13.4. The summed E-state index contributed by atoms with van der Waals surface area (Å²) in [5.74, 6) is -1.41. The molecule has 0 heterocycles. The molecule has 0 amide bonds. The number of benzene rings is 4. The van der Waals surface area contributed by atoms with E-state index in [4.69, 9.17) is 9.47 Å². The fraction of sp³-hybridized carbons (Fsp3) is 0.188. The SMILES string of the molecule is Cc1ccc(Br)cc1C1c2ccccc2C(C)C(OC(=O)c2ccccc2)C1OC(=O)c1ccccc1. The molecule has 4 nitrogen and oxygen atoms in total. The smallest absolute Gasteiger partial charge is 0.338 e. The largest absolute Gasteiger partial charge is 0.454 e. The highest BCUT2D eigenvalue weighted by Gasteiger charge is 2.47. The van der Waals surface area contributed by atoms with Gasteiger partial charge in [-0.05, 0) is 65.6 Å². The van der Waals surface area contributed by atoms with Crippen molar-refractivity contribution in [1.82, 2.24) is 0 Å². The van der Waals surface area contributed by atoms with Gasteiger partial charge in [0.25, 0.3) is 0 Å². The molecule has 1 aliphatic rings. The minimum absolute atomic E-state index is 0.193. The maximum Gasteiger partial charge on any atom is 0.338 e. The normalized spacial score (nSPS) is 20.5. The number of esters is 2. The summed E-state index contributed by atoms with van der Waals surface area (Å²) in [6.45, 7) is 4.07. The summed E-state index contributed by atoms with van der Waals surface area (Å²) in [7, 11) is 0. The maximum atomic E-state index is 13.4. The number of rotatable bonds is 5. The Hall–Kier alpha value is -3.70. The van der Waals surface area contributed by atoms with Crippen LogP contribution in [-0.4, -0.2) is 24.1 Å². The molecule has 1 aliphatic carbocycles. The van der Waals surface area contributed by atoms with Crippen LogP contribution >= 0.6 is 15.9 Å². The van der Waals surface area contributed by atoms with Crippen molar-refractivity contribution in [3.05, 3.63) is 141 Å². The summed E-state index contributed by atoms with van der Waals surface area (Å²) in [6, 6.07) is 32.1. The van der Waals surface area contributed by atoms with Crippen LogP contribution < -0.4 is 0 Å². The van der Waals surface area contributed by atoms with E-state index in [-0.39, 0.29) is 11.8 Å². The lowest BCUT2D eigenvalue weighted by Crippen LogP contribution is -2.46. The molecule has 4 atom stereocenters. The fourth-order valence-corrected chi connectivity index (χ4v) is 5.54. The molecule has 0 radical (unpaired) electrons. The molecule has 0 fully saturated rings. The molecule has 4 aromatic carbocycles. The Morgan fingerprint density at radius 3 is 1.76 bits per heavy atom. The number of hydrogen-bond acceptors (Lipinski definition) is 4. The van der Waals surface area contributed by atoms with Crippen molar-refractivity contribution in [3.63, 3.8) is 0 Å². The second-order valence-electron chi connectivity index (χ2n) is 9.37. The first-order valence-corrected chi connectivity index (χ1v) is 13.1. The minimum atomic E-state index is -0.738. The number of aryl methyl sites for hydroxylation is 1. The van der Waals surface area contributed by atoms with E-state index in [9.17, 15) is 9.59 Å². The molecule has 4 aromatic rings. The topological polar surface area (TPSA) is 52.6 Å². The van der Waals surface area contributed by atoms with Gasteiger partial charge in [0.1, 0.15) is 6.10 Å². The molecule has 4 unspecified atom stereocenters. The molecule has 0 aliphatic heterocycles. The molecule has 0 saturated heterocycles. The van der Waals surface area contributed by atoms with Crippen molar-refractivity contribution in [1.29, 1.82) is 0 Å². The van der Waals surface area contributed by atoms with Gasteiger partial charge in [-0.15, -0.1) is 0 Å². The van der Waals surface area contributed by atoms with Crippen molar-refractivity contribution in [2.24, 2.45) is 0 Å². The second kappa shape index (κ2) is 10.7. The Balaban J connectivity index is 1.64. The summed E-state index contributed by atoms with van der Waals surface area (Å²) in [6.07, 6.45) is -1.43. The quantitative estimate of drug-likeness (QED) is 0.240. The minimum Gasteiger partial charge on any atom is -0.454 e. The van der Waals surface area contributed by atoms with Gasteiger partial charge in [-0.2, -0.15) is 0 Å². The van der Waals surface area contributed by atoms with Gasteiger partial charge in [0.05, 0.1) is 17.0 Å². The van der Waals surface area contributed by atoms with Crippen LogP contribution in [0.4, 0.5) is 0 Å². The third-order valence-corrected chi connectivity index (χ3v) is 7.54. The molecule has 5 heteroatoms. The number of ether oxygens (including phenoxy) is 2. The van der Waals surface area contributed by atoms with Crippen LogP contribution in [-0.2, 0) is 9.47 Å². The van der Waals surface area contributed by atoms with Gasteiger partial charge in [-0.3, -0.25) is 0 Å². The Kier molecular flexibility index (Phi) is 7.24. The maximum absolute atomic E-state index is 13.4. The summed E-state index contributed by atoms with van der Waals surface area (Å²) in [4.78, 5) is 26.7. The molecular formula is C32H27BrO4. The van der Waals surface area contributed by atoms with Gasteiger partial charge in [0.15, 0.2) is 6.10 Å². The van der Waals surface area contributed by atoms with Gasteiger partial charge < -0.3 is 9.47 Å². The van der Waals surface area contributed by atoms with Gasteiger partial charge in [-0.25, -0.2) is 9.59 Å². The van der Waals surface area contributed by atoms with Crippen molar-refractivity contribution in [2.45, 2.75) is 37.9 Å². The third-order valence-electron chi connectivity index (χ3n) is 7.05. The van der Waals surface area contributed by atoms with Crippen molar-refractivity contribution < 1.29 is 19.1 Å². The zero-order valence-electron chi connectivity index (χ0n) is 20.6. The van der Waals surface area contributed by atoms with E-state index in [1.54, 1.807) is 48.5 Å². The Bertz CT molecular complexity index is 1420. The number of fused-ring (bicyclic) bond motifs is 1. The predicted octanol–water partition coefficient (Wildman–Crippen LogP) is 7.46. The van der Waals surface area contributed by atoms with E-state index in [0.29, 0.717) is 11.1 Å².